The van der Waals surface area contributed by atoms with Crippen LogP contribution < -0.4 is 11.5 Å². The molecule has 5 nitrogen and oxygen atoms in total. The molecule has 0 aromatic carbocycles. The maximum Gasteiger partial charge on any atom is 0.221 e. The minimum atomic E-state index is -0.572. The molecule has 15 heavy (non-hydrogen) atoms. The first-order valence-electron chi connectivity index (χ1n) is 4.57. The van der Waals surface area contributed by atoms with Gasteiger partial charge in [-0.25, -0.2) is 0 Å². The highest BCUT2D eigenvalue weighted by Gasteiger charge is 2.18. The molecule has 4 N–H and O–H groups in total. The van der Waals surface area contributed by atoms with Crippen LogP contribution in [0.3, 0.4) is 0 Å². The van der Waals surface area contributed by atoms with E-state index in [1.165, 1.54) is 0 Å². The van der Waals surface area contributed by atoms with Crippen LogP contribution in [-0.2, 0) is 16.0 Å². The van der Waals surface area contributed by atoms with Crippen molar-refractivity contribution in [3.05, 3.63) is 30.1 Å². The Hall–Kier alpha value is -1.91. The second kappa shape index (κ2) is 5.09. The second-order valence-electron chi connectivity index (χ2n) is 3.29. The molecule has 5 heteroatoms. The van der Waals surface area contributed by atoms with E-state index in [4.69, 9.17) is 11.5 Å². The fraction of sp³-hybridized carbons (Fsp3) is 0.300. The maximum absolute atomic E-state index is 11.0. The molecule has 2 amide bonds. The van der Waals surface area contributed by atoms with Gasteiger partial charge in [-0.1, -0.05) is 6.07 Å². The molecule has 1 heterocycles. The van der Waals surface area contributed by atoms with Gasteiger partial charge in [-0.2, -0.15) is 0 Å². The molecule has 0 saturated carbocycles. The topological polar surface area (TPSA) is 99.1 Å². The monoisotopic (exact) mass is 207 g/mol. The van der Waals surface area contributed by atoms with Crippen LogP contribution in [0.5, 0.6) is 0 Å². The lowest BCUT2D eigenvalue weighted by Gasteiger charge is -2.10. The Labute approximate surface area is 87.5 Å². The van der Waals surface area contributed by atoms with Crippen LogP contribution in [0.1, 0.15) is 12.1 Å². The SMILES string of the molecule is NC(=O)CC(Cc1ccccn1)C(N)=O. The predicted molar refractivity (Wildman–Crippen MR) is 54.4 cm³/mol. The number of primary amides is 2. The van der Waals surface area contributed by atoms with Gasteiger partial charge < -0.3 is 11.5 Å². The summed E-state index contributed by atoms with van der Waals surface area (Å²) in [6.45, 7) is 0. The number of hydrogen-bond donors (Lipinski definition) is 2. The van der Waals surface area contributed by atoms with Crippen molar-refractivity contribution in [1.82, 2.24) is 4.98 Å². The Morgan fingerprint density at radius 2 is 2.07 bits per heavy atom. The van der Waals surface area contributed by atoms with Gasteiger partial charge in [-0.3, -0.25) is 14.6 Å². The van der Waals surface area contributed by atoms with Gasteiger partial charge in [-0.05, 0) is 12.1 Å². The lowest BCUT2D eigenvalue weighted by molar-refractivity contribution is -0.126. The average molecular weight is 207 g/mol. The zero-order valence-electron chi connectivity index (χ0n) is 8.22. The van der Waals surface area contributed by atoms with E-state index in [1.54, 1.807) is 18.3 Å². The highest BCUT2D eigenvalue weighted by molar-refractivity contribution is 5.84. The molecule has 0 spiro atoms. The van der Waals surface area contributed by atoms with Gasteiger partial charge in [0.25, 0.3) is 0 Å². The predicted octanol–water partition coefficient (Wildman–Crippen LogP) is -0.399. The van der Waals surface area contributed by atoms with Crippen molar-refractivity contribution in [2.75, 3.05) is 0 Å². The van der Waals surface area contributed by atoms with Gasteiger partial charge in [0.1, 0.15) is 0 Å². The molecule has 0 bridgehead atoms. The van der Waals surface area contributed by atoms with Gasteiger partial charge in [0.2, 0.25) is 11.8 Å². The molecule has 0 aliphatic carbocycles. The third-order valence-electron chi connectivity index (χ3n) is 2.03. The van der Waals surface area contributed by atoms with Crippen LogP contribution in [-0.4, -0.2) is 16.8 Å². The van der Waals surface area contributed by atoms with Gasteiger partial charge in [-0.15, -0.1) is 0 Å². The quantitative estimate of drug-likeness (QED) is 0.687. The summed E-state index contributed by atoms with van der Waals surface area (Å²) in [7, 11) is 0. The van der Waals surface area contributed by atoms with Crippen LogP contribution >= 0.6 is 0 Å². The van der Waals surface area contributed by atoms with E-state index >= 15 is 0 Å². The first kappa shape index (κ1) is 11.2. The minimum Gasteiger partial charge on any atom is -0.370 e. The van der Waals surface area contributed by atoms with Gasteiger partial charge in [0.15, 0.2) is 0 Å². The largest absolute Gasteiger partial charge is 0.370 e. The number of nitrogens with zero attached hydrogens (tertiary/aromatic N) is 1. The zero-order valence-corrected chi connectivity index (χ0v) is 8.22. The molecule has 0 aliphatic heterocycles. The molecular formula is C10H13N3O2. The third kappa shape index (κ3) is 3.76. The van der Waals surface area contributed by atoms with E-state index in [-0.39, 0.29) is 6.42 Å². The Bertz CT molecular complexity index is 351. The summed E-state index contributed by atoms with van der Waals surface area (Å²) in [5.74, 6) is -1.63. The summed E-state index contributed by atoms with van der Waals surface area (Å²) in [6, 6.07) is 5.36. The van der Waals surface area contributed by atoms with Crippen molar-refractivity contribution in [3.8, 4) is 0 Å². The van der Waals surface area contributed by atoms with Crippen molar-refractivity contribution in [3.63, 3.8) is 0 Å². The summed E-state index contributed by atoms with van der Waals surface area (Å²) in [6.07, 6.45) is 1.93. The Morgan fingerprint density at radius 3 is 2.53 bits per heavy atom. The number of aromatic nitrogens is 1. The first-order valence-corrected chi connectivity index (χ1v) is 4.57. The summed E-state index contributed by atoms with van der Waals surface area (Å²) in [4.78, 5) is 25.8. The number of amides is 2. The summed E-state index contributed by atoms with van der Waals surface area (Å²) in [5.41, 5.74) is 10.9. The molecule has 0 saturated heterocycles. The minimum absolute atomic E-state index is 0.0358. The molecule has 80 valence electrons. The molecule has 1 aromatic rings. The normalized spacial score (nSPS) is 12.0. The number of rotatable bonds is 5. The van der Waals surface area contributed by atoms with Crippen LogP contribution in [0.4, 0.5) is 0 Å². The Morgan fingerprint density at radius 1 is 1.33 bits per heavy atom. The third-order valence-corrected chi connectivity index (χ3v) is 2.03. The van der Waals surface area contributed by atoms with Crippen LogP contribution in [0.25, 0.3) is 0 Å². The smallest absolute Gasteiger partial charge is 0.221 e. The van der Waals surface area contributed by atoms with Crippen molar-refractivity contribution in [1.29, 1.82) is 0 Å². The van der Waals surface area contributed by atoms with Crippen LogP contribution in [0, 0.1) is 5.92 Å². The Balaban J connectivity index is 2.67. The summed E-state index contributed by atoms with van der Waals surface area (Å²) in [5, 5.41) is 0. The highest BCUT2D eigenvalue weighted by atomic mass is 16.2. The fourth-order valence-electron chi connectivity index (χ4n) is 1.29. The van der Waals surface area contributed by atoms with E-state index in [0.717, 1.165) is 5.69 Å². The number of carbonyl (C=O) groups excluding carboxylic acids is 2. The van der Waals surface area contributed by atoms with Gasteiger partial charge in [0.05, 0.1) is 5.92 Å². The Kier molecular flexibility index (Phi) is 3.79. The molecule has 1 rings (SSSR count). The van der Waals surface area contributed by atoms with Crippen molar-refractivity contribution in [2.24, 2.45) is 17.4 Å². The zero-order chi connectivity index (χ0) is 11.3. The number of hydrogen-bond acceptors (Lipinski definition) is 3. The fourth-order valence-corrected chi connectivity index (χ4v) is 1.29. The number of carbonyl (C=O) groups is 2. The van der Waals surface area contributed by atoms with Crippen molar-refractivity contribution in [2.45, 2.75) is 12.8 Å². The van der Waals surface area contributed by atoms with E-state index in [9.17, 15) is 9.59 Å². The van der Waals surface area contributed by atoms with E-state index in [2.05, 4.69) is 4.98 Å². The van der Waals surface area contributed by atoms with Gasteiger partial charge >= 0.3 is 0 Å². The lowest BCUT2D eigenvalue weighted by Crippen LogP contribution is -2.29. The molecule has 0 radical (unpaired) electrons. The number of pyridine rings is 1. The molecule has 0 aliphatic rings. The molecule has 1 atom stereocenters. The molecular weight excluding hydrogens is 194 g/mol. The van der Waals surface area contributed by atoms with E-state index < -0.39 is 17.7 Å². The van der Waals surface area contributed by atoms with Crippen molar-refractivity contribution < 1.29 is 9.59 Å². The highest BCUT2D eigenvalue weighted by Crippen LogP contribution is 2.09. The first-order chi connectivity index (χ1) is 7.09. The summed E-state index contributed by atoms with van der Waals surface area (Å²) >= 11 is 0. The summed E-state index contributed by atoms with van der Waals surface area (Å²) < 4.78 is 0. The number of nitrogens with two attached hydrogens (primary N) is 2. The van der Waals surface area contributed by atoms with E-state index in [1.807, 2.05) is 6.07 Å². The molecule has 1 unspecified atom stereocenters. The average Bonchev–Trinajstić information content (AvgIpc) is 2.17. The van der Waals surface area contributed by atoms with Gasteiger partial charge in [0, 0.05) is 24.7 Å². The van der Waals surface area contributed by atoms with Crippen LogP contribution in [0.2, 0.25) is 0 Å². The van der Waals surface area contributed by atoms with E-state index in [0.29, 0.717) is 6.42 Å². The molecule has 0 fully saturated rings. The van der Waals surface area contributed by atoms with Crippen LogP contribution in [0.15, 0.2) is 24.4 Å². The molecule has 1 aromatic heterocycles. The second-order valence-corrected chi connectivity index (χ2v) is 3.29. The maximum atomic E-state index is 11.0. The lowest BCUT2D eigenvalue weighted by atomic mass is 9.98. The van der Waals surface area contributed by atoms with Crippen molar-refractivity contribution >= 4 is 11.8 Å². The standard InChI is InChI=1S/C10H13N3O2/c11-9(14)6-7(10(12)15)5-8-3-1-2-4-13-8/h1-4,7H,5-6H2,(H2,11,14)(H2,12,15).